The summed E-state index contributed by atoms with van der Waals surface area (Å²) in [6.07, 6.45) is 8.62. The van der Waals surface area contributed by atoms with Crippen molar-refractivity contribution in [3.63, 3.8) is 0 Å². The summed E-state index contributed by atoms with van der Waals surface area (Å²) in [6, 6.07) is 21.9. The predicted octanol–water partition coefficient (Wildman–Crippen LogP) is 7.98. The SMILES string of the molecule is CCOCCn1cc(C2CCN(CCOc3ccc(C(=O)O)c(C(C[O])N4CCC(c5cn(CCOCC)c6ccccc56)CC4)c3)CC2)c2ccccc21. The van der Waals surface area contributed by atoms with Crippen molar-refractivity contribution in [3.05, 3.63) is 101 Å². The lowest BCUT2D eigenvalue weighted by Gasteiger charge is -2.37. The third-order valence-electron chi connectivity index (χ3n) is 11.9. The van der Waals surface area contributed by atoms with Gasteiger partial charge in [-0.3, -0.25) is 9.80 Å². The Balaban J connectivity index is 0.952. The minimum absolute atomic E-state index is 0.175. The molecule has 5 aromatic rings. The minimum atomic E-state index is -1.02. The zero-order valence-corrected chi connectivity index (χ0v) is 32.5. The fraction of sp³-hybridized carbons (Fsp3) is 0.489. The average molecular weight is 750 g/mol. The Morgan fingerprint density at radius 1 is 0.727 bits per heavy atom. The van der Waals surface area contributed by atoms with Crippen LogP contribution >= 0.6 is 0 Å². The number of aromatic carboxylic acids is 1. The van der Waals surface area contributed by atoms with E-state index in [0.29, 0.717) is 49.6 Å². The van der Waals surface area contributed by atoms with Crippen LogP contribution in [0.4, 0.5) is 0 Å². The highest BCUT2D eigenvalue weighted by molar-refractivity contribution is 5.90. The van der Waals surface area contributed by atoms with Crippen LogP contribution in [0.25, 0.3) is 21.8 Å². The van der Waals surface area contributed by atoms with Gasteiger partial charge in [0.1, 0.15) is 19.0 Å². The number of benzene rings is 3. The molecule has 0 bridgehead atoms. The number of hydrogen-bond donors (Lipinski definition) is 1. The fourth-order valence-electron chi connectivity index (χ4n) is 8.96. The molecule has 1 atom stereocenters. The molecular formula is C45H57N4O6. The maximum absolute atomic E-state index is 12.8. The Hall–Kier alpha value is -4.19. The van der Waals surface area contributed by atoms with Crippen molar-refractivity contribution in [1.82, 2.24) is 18.9 Å². The van der Waals surface area contributed by atoms with E-state index in [1.54, 1.807) is 18.2 Å². The molecule has 293 valence electrons. The molecule has 2 aliphatic rings. The molecular weight excluding hydrogens is 693 g/mol. The number of ether oxygens (including phenoxy) is 3. The lowest BCUT2D eigenvalue weighted by Crippen LogP contribution is -2.38. The first-order chi connectivity index (χ1) is 27.0. The Kier molecular flexibility index (Phi) is 13.2. The standard InChI is InChI=1S/C45H57N4O6/c1-3-53-26-24-48-30-40(36-9-5-7-11-42(36)48)33-15-19-46(20-16-33)23-28-55-35-13-14-38(45(51)52)39(29-35)44(32-50)47-21-17-34(18-22-47)41-31-49(25-27-54-4-2)43-12-8-6-10-37(41)43/h5-14,29-31,33-34,44H,3-4,15-28,32H2,1-2H3,(H,51,52). The summed E-state index contributed by atoms with van der Waals surface area (Å²) in [5, 5.41) is 25.6. The molecule has 3 aromatic carbocycles. The van der Waals surface area contributed by atoms with E-state index in [1.165, 1.54) is 32.9 Å². The smallest absolute Gasteiger partial charge is 0.336 e. The minimum Gasteiger partial charge on any atom is -0.492 e. The molecule has 0 spiro atoms. The van der Waals surface area contributed by atoms with Gasteiger partial charge in [-0.05, 0) is 125 Å². The zero-order chi connectivity index (χ0) is 38.1. The third-order valence-corrected chi connectivity index (χ3v) is 11.9. The van der Waals surface area contributed by atoms with Gasteiger partial charge >= 0.3 is 5.97 Å². The van der Waals surface area contributed by atoms with Crippen LogP contribution in [0.1, 0.15) is 84.5 Å². The van der Waals surface area contributed by atoms with Gasteiger partial charge in [0, 0.05) is 67.0 Å². The van der Waals surface area contributed by atoms with Gasteiger partial charge in [0.05, 0.1) is 24.8 Å². The first kappa shape index (κ1) is 39.1. The van der Waals surface area contributed by atoms with Gasteiger partial charge < -0.3 is 28.5 Å². The number of nitrogens with zero attached hydrogens (tertiary/aromatic N) is 4. The van der Waals surface area contributed by atoms with Gasteiger partial charge in [0.15, 0.2) is 0 Å². The van der Waals surface area contributed by atoms with E-state index in [4.69, 9.17) is 14.2 Å². The first-order valence-corrected chi connectivity index (χ1v) is 20.3. The number of carboxylic acids is 1. The average Bonchev–Trinajstić information content (AvgIpc) is 3.78. The van der Waals surface area contributed by atoms with Gasteiger partial charge in [0.25, 0.3) is 0 Å². The van der Waals surface area contributed by atoms with Gasteiger partial charge in [0.2, 0.25) is 0 Å². The van der Waals surface area contributed by atoms with E-state index >= 15 is 0 Å². The van der Waals surface area contributed by atoms with Crippen LogP contribution in [0.3, 0.4) is 0 Å². The van der Waals surface area contributed by atoms with Crippen LogP contribution in [-0.2, 0) is 27.7 Å². The second-order valence-electron chi connectivity index (χ2n) is 15.0. The molecule has 1 N–H and O–H groups in total. The molecule has 1 unspecified atom stereocenters. The van der Waals surface area contributed by atoms with E-state index in [0.717, 1.165) is 78.1 Å². The molecule has 0 amide bonds. The highest BCUT2D eigenvalue weighted by atomic mass is 16.5. The van der Waals surface area contributed by atoms with E-state index in [9.17, 15) is 15.0 Å². The number of fused-ring (bicyclic) bond motifs is 2. The van der Waals surface area contributed by atoms with E-state index in [1.807, 2.05) is 13.8 Å². The number of rotatable bonds is 18. The lowest BCUT2D eigenvalue weighted by atomic mass is 9.87. The van der Waals surface area contributed by atoms with Crippen LogP contribution in [-0.4, -0.2) is 102 Å². The van der Waals surface area contributed by atoms with Gasteiger partial charge in [-0.15, -0.1) is 0 Å². The number of hydrogen-bond acceptors (Lipinski definition) is 6. The van der Waals surface area contributed by atoms with Crippen LogP contribution in [0, 0.1) is 0 Å². The molecule has 2 aliphatic heterocycles. The summed E-state index contributed by atoms with van der Waals surface area (Å²) in [4.78, 5) is 17.0. The van der Waals surface area contributed by atoms with Crippen molar-refractivity contribution in [2.75, 3.05) is 72.4 Å². The summed E-state index contributed by atoms with van der Waals surface area (Å²) < 4.78 is 22.2. The second-order valence-corrected chi connectivity index (χ2v) is 15.0. The normalized spacial score (nSPS) is 17.0. The zero-order valence-electron chi connectivity index (χ0n) is 32.5. The number of para-hydroxylation sites is 2. The lowest BCUT2D eigenvalue weighted by molar-refractivity contribution is 0.0604. The Bertz CT molecular complexity index is 2010. The molecule has 55 heavy (non-hydrogen) atoms. The molecule has 0 saturated carbocycles. The van der Waals surface area contributed by atoms with Gasteiger partial charge in [-0.2, -0.15) is 0 Å². The first-order valence-electron chi connectivity index (χ1n) is 20.3. The fourth-order valence-corrected chi connectivity index (χ4v) is 8.96. The van der Waals surface area contributed by atoms with E-state index in [2.05, 4.69) is 79.9 Å². The largest absolute Gasteiger partial charge is 0.492 e. The quantitative estimate of drug-likeness (QED) is 0.0908. The molecule has 1 radical (unpaired) electrons. The second kappa shape index (κ2) is 18.6. The monoisotopic (exact) mass is 749 g/mol. The summed E-state index contributed by atoms with van der Waals surface area (Å²) in [6.45, 7) is 12.9. The van der Waals surface area contributed by atoms with Crippen molar-refractivity contribution in [2.45, 2.75) is 70.5 Å². The number of likely N-dealkylation sites (tertiary alicyclic amines) is 2. The summed E-state index contributed by atoms with van der Waals surface area (Å²) in [7, 11) is 0. The number of carboxylic acid groups (broad SMARTS) is 1. The molecule has 10 heteroatoms. The van der Waals surface area contributed by atoms with E-state index < -0.39 is 18.6 Å². The molecule has 10 nitrogen and oxygen atoms in total. The Morgan fingerprint density at radius 2 is 1.27 bits per heavy atom. The summed E-state index contributed by atoms with van der Waals surface area (Å²) in [5.41, 5.74) is 6.00. The molecule has 2 saturated heterocycles. The van der Waals surface area contributed by atoms with Crippen LogP contribution in [0.2, 0.25) is 0 Å². The maximum Gasteiger partial charge on any atom is 0.336 e. The third kappa shape index (κ3) is 8.95. The number of carbonyl (C=O) groups is 1. The molecule has 0 aliphatic carbocycles. The van der Waals surface area contributed by atoms with Crippen LogP contribution in [0.15, 0.2) is 79.1 Å². The van der Waals surface area contributed by atoms with Crippen molar-refractivity contribution in [1.29, 1.82) is 0 Å². The number of piperidine rings is 2. The molecule has 2 aromatic heterocycles. The van der Waals surface area contributed by atoms with Crippen molar-refractivity contribution < 1.29 is 29.2 Å². The van der Waals surface area contributed by atoms with Gasteiger partial charge in [-0.25, -0.2) is 9.90 Å². The molecule has 4 heterocycles. The molecule has 2 fully saturated rings. The topological polar surface area (TPSA) is 101 Å². The maximum atomic E-state index is 12.8. The molecule has 7 rings (SSSR count). The van der Waals surface area contributed by atoms with Crippen LogP contribution < -0.4 is 4.74 Å². The predicted molar refractivity (Wildman–Crippen MR) is 216 cm³/mol. The van der Waals surface area contributed by atoms with Crippen molar-refractivity contribution in [2.24, 2.45) is 0 Å². The van der Waals surface area contributed by atoms with Gasteiger partial charge in [-0.1, -0.05) is 36.4 Å². The summed E-state index contributed by atoms with van der Waals surface area (Å²) in [5.74, 6) is 0.478. The Labute approximate surface area is 325 Å². The van der Waals surface area contributed by atoms with Crippen molar-refractivity contribution >= 4 is 27.8 Å². The van der Waals surface area contributed by atoms with Crippen LogP contribution in [0.5, 0.6) is 5.75 Å². The number of aromatic nitrogens is 2. The van der Waals surface area contributed by atoms with E-state index in [-0.39, 0.29) is 5.56 Å². The Morgan fingerprint density at radius 3 is 1.80 bits per heavy atom. The highest BCUT2D eigenvalue weighted by Gasteiger charge is 2.31. The highest BCUT2D eigenvalue weighted by Crippen LogP contribution is 2.38. The van der Waals surface area contributed by atoms with Crippen molar-refractivity contribution in [3.8, 4) is 5.75 Å². The summed E-state index contributed by atoms with van der Waals surface area (Å²) >= 11 is 0.